The maximum absolute atomic E-state index is 12.3. The van der Waals surface area contributed by atoms with Gasteiger partial charge in [-0.05, 0) is 29.8 Å². The summed E-state index contributed by atoms with van der Waals surface area (Å²) < 4.78 is 8.16. The first-order chi connectivity index (χ1) is 12.6. The number of hydrogen-bond acceptors (Lipinski definition) is 3. The minimum atomic E-state index is -0.388. The van der Waals surface area contributed by atoms with E-state index in [1.165, 1.54) is 17.4 Å². The fraction of sp³-hybridized carbons (Fsp3) is 0.100. The number of para-hydroxylation sites is 1. The second-order valence-corrected chi connectivity index (χ2v) is 6.70. The van der Waals surface area contributed by atoms with Crippen LogP contribution in [0.15, 0.2) is 53.5 Å². The molecule has 0 saturated carbocycles. The number of halogens is 1. The molecule has 4 nitrogen and oxygen atoms in total. The van der Waals surface area contributed by atoms with Crippen LogP contribution in [0.1, 0.15) is 5.56 Å². The van der Waals surface area contributed by atoms with Gasteiger partial charge in [0, 0.05) is 11.1 Å². The second-order valence-electron chi connectivity index (χ2n) is 5.29. The number of rotatable bonds is 4. The summed E-state index contributed by atoms with van der Waals surface area (Å²) in [7, 11) is 1.60. The first kappa shape index (κ1) is 18.0. The van der Waals surface area contributed by atoms with Crippen molar-refractivity contribution < 1.29 is 9.53 Å². The zero-order valence-electron chi connectivity index (χ0n) is 14.0. The topological polar surface area (TPSA) is 43.6 Å². The molecule has 0 aliphatic rings. The Bertz CT molecular complexity index is 1100. The Morgan fingerprint density at radius 3 is 2.88 bits per heavy atom. The molecule has 2 aromatic carbocycles. The van der Waals surface area contributed by atoms with Gasteiger partial charge in [0.15, 0.2) is 4.80 Å². The minimum absolute atomic E-state index is 0.292. The van der Waals surface area contributed by atoms with Gasteiger partial charge in [-0.15, -0.1) is 6.42 Å². The molecular weight excluding hydrogens is 368 g/mol. The van der Waals surface area contributed by atoms with Crippen LogP contribution in [0.5, 0.6) is 5.75 Å². The highest BCUT2D eigenvalue weighted by Gasteiger charge is 2.11. The molecule has 0 saturated heterocycles. The largest absolute Gasteiger partial charge is 0.495 e. The molecule has 0 radical (unpaired) electrons. The molecular formula is C20H15ClN2O2S. The van der Waals surface area contributed by atoms with Crippen molar-refractivity contribution in [2.45, 2.75) is 6.54 Å². The van der Waals surface area contributed by atoms with Gasteiger partial charge in [-0.3, -0.25) is 4.79 Å². The highest BCUT2D eigenvalue weighted by Crippen LogP contribution is 2.27. The van der Waals surface area contributed by atoms with Gasteiger partial charge in [0.2, 0.25) is 0 Å². The fourth-order valence-electron chi connectivity index (χ4n) is 2.49. The number of amides is 1. The molecule has 1 aromatic heterocycles. The third-order valence-corrected chi connectivity index (χ3v) is 5.04. The molecule has 3 rings (SSSR count). The lowest BCUT2D eigenvalue weighted by atomic mass is 10.2. The van der Waals surface area contributed by atoms with Gasteiger partial charge >= 0.3 is 0 Å². The van der Waals surface area contributed by atoms with Gasteiger partial charge in [0.25, 0.3) is 5.91 Å². The molecule has 0 fully saturated rings. The lowest BCUT2D eigenvalue weighted by Gasteiger charge is -2.05. The van der Waals surface area contributed by atoms with E-state index in [0.717, 1.165) is 15.8 Å². The van der Waals surface area contributed by atoms with Crippen LogP contribution < -0.4 is 9.54 Å². The van der Waals surface area contributed by atoms with E-state index in [1.54, 1.807) is 23.8 Å². The van der Waals surface area contributed by atoms with Crippen molar-refractivity contribution in [3.8, 4) is 18.1 Å². The Morgan fingerprint density at radius 2 is 2.15 bits per heavy atom. The lowest BCUT2D eigenvalue weighted by Crippen LogP contribution is -2.16. The normalized spacial score (nSPS) is 11.8. The number of thiazole rings is 1. The van der Waals surface area contributed by atoms with Crippen LogP contribution in [0, 0.1) is 12.3 Å². The van der Waals surface area contributed by atoms with Crippen molar-refractivity contribution in [3.63, 3.8) is 0 Å². The van der Waals surface area contributed by atoms with E-state index in [0.29, 0.717) is 22.1 Å². The van der Waals surface area contributed by atoms with Gasteiger partial charge in [0.05, 0.1) is 18.4 Å². The quantitative estimate of drug-likeness (QED) is 0.502. The molecule has 0 unspecified atom stereocenters. The lowest BCUT2D eigenvalue weighted by molar-refractivity contribution is -0.113. The molecule has 0 aliphatic heterocycles. The Morgan fingerprint density at radius 1 is 1.35 bits per heavy atom. The van der Waals surface area contributed by atoms with Gasteiger partial charge < -0.3 is 9.30 Å². The number of ether oxygens (including phenoxy) is 1. The van der Waals surface area contributed by atoms with Crippen LogP contribution in [-0.4, -0.2) is 17.6 Å². The highest BCUT2D eigenvalue weighted by molar-refractivity contribution is 7.16. The SMILES string of the molecule is C#CCn1c(=NC(=O)C=Cc2ccccc2Cl)sc2cccc(OC)c21. The monoisotopic (exact) mass is 382 g/mol. The molecule has 0 aliphatic carbocycles. The summed E-state index contributed by atoms with van der Waals surface area (Å²) in [4.78, 5) is 17.0. The molecule has 6 heteroatoms. The second kappa shape index (κ2) is 8.05. The number of benzene rings is 2. The smallest absolute Gasteiger partial charge is 0.272 e. The van der Waals surface area contributed by atoms with Crippen molar-refractivity contribution in [1.29, 1.82) is 0 Å². The highest BCUT2D eigenvalue weighted by atomic mass is 35.5. The molecule has 3 aromatic rings. The first-order valence-electron chi connectivity index (χ1n) is 7.75. The van der Waals surface area contributed by atoms with Gasteiger partial charge in [-0.1, -0.05) is 53.1 Å². The van der Waals surface area contributed by atoms with Crippen LogP contribution in [0.4, 0.5) is 0 Å². The summed E-state index contributed by atoms with van der Waals surface area (Å²) >= 11 is 7.48. The van der Waals surface area contributed by atoms with Crippen molar-refractivity contribution in [2.75, 3.05) is 7.11 Å². The summed E-state index contributed by atoms with van der Waals surface area (Å²) in [5.41, 5.74) is 1.59. The van der Waals surface area contributed by atoms with E-state index in [9.17, 15) is 4.79 Å². The number of carbonyl (C=O) groups excluding carboxylic acids is 1. The molecule has 0 spiro atoms. The number of methoxy groups -OCH3 is 1. The summed E-state index contributed by atoms with van der Waals surface area (Å²) in [6, 6.07) is 13.0. The summed E-state index contributed by atoms with van der Waals surface area (Å²) in [6.45, 7) is 0.292. The maximum atomic E-state index is 12.3. The molecule has 1 amide bonds. The van der Waals surface area contributed by atoms with Gasteiger partial charge in [-0.2, -0.15) is 4.99 Å². The zero-order valence-corrected chi connectivity index (χ0v) is 15.6. The number of terminal acetylenes is 1. The van der Waals surface area contributed by atoms with Crippen molar-refractivity contribution >= 4 is 45.1 Å². The number of fused-ring (bicyclic) bond motifs is 1. The van der Waals surface area contributed by atoms with Crippen LogP contribution in [0.2, 0.25) is 5.02 Å². The van der Waals surface area contributed by atoms with E-state index < -0.39 is 0 Å². The number of aromatic nitrogens is 1. The number of hydrogen-bond donors (Lipinski definition) is 0. The van der Waals surface area contributed by atoms with E-state index in [4.69, 9.17) is 22.8 Å². The molecule has 26 heavy (non-hydrogen) atoms. The van der Waals surface area contributed by atoms with E-state index in [2.05, 4.69) is 10.9 Å². The van der Waals surface area contributed by atoms with Gasteiger partial charge in [0.1, 0.15) is 11.3 Å². The predicted molar refractivity (Wildman–Crippen MR) is 106 cm³/mol. The first-order valence-corrected chi connectivity index (χ1v) is 8.94. The number of carbonyl (C=O) groups is 1. The third kappa shape index (κ3) is 3.72. The predicted octanol–water partition coefficient (Wildman–Crippen LogP) is 4.14. The average molecular weight is 383 g/mol. The molecule has 0 N–H and O–H groups in total. The van der Waals surface area contributed by atoms with Crippen LogP contribution in [0.3, 0.4) is 0 Å². The van der Waals surface area contributed by atoms with Crippen molar-refractivity contribution in [2.24, 2.45) is 4.99 Å². The van der Waals surface area contributed by atoms with Crippen LogP contribution >= 0.6 is 22.9 Å². The van der Waals surface area contributed by atoms with E-state index >= 15 is 0 Å². The van der Waals surface area contributed by atoms with Gasteiger partial charge in [-0.25, -0.2) is 0 Å². The Kier molecular flexibility index (Phi) is 5.57. The maximum Gasteiger partial charge on any atom is 0.272 e. The molecule has 0 bridgehead atoms. The fourth-order valence-corrected chi connectivity index (χ4v) is 3.74. The minimum Gasteiger partial charge on any atom is -0.495 e. The van der Waals surface area contributed by atoms with Crippen LogP contribution in [-0.2, 0) is 11.3 Å². The molecule has 1 heterocycles. The summed E-state index contributed by atoms with van der Waals surface area (Å²) in [5.74, 6) is 2.90. The van der Waals surface area contributed by atoms with Crippen LogP contribution in [0.25, 0.3) is 16.3 Å². The summed E-state index contributed by atoms with van der Waals surface area (Å²) in [6.07, 6.45) is 8.53. The Balaban J connectivity index is 2.04. The number of nitrogens with zero attached hydrogens (tertiary/aromatic N) is 2. The summed E-state index contributed by atoms with van der Waals surface area (Å²) in [5, 5.41) is 0.575. The van der Waals surface area contributed by atoms with E-state index in [-0.39, 0.29) is 5.91 Å². The Labute approximate surface area is 160 Å². The van der Waals surface area contributed by atoms with Crippen molar-refractivity contribution in [3.05, 3.63) is 63.9 Å². The van der Waals surface area contributed by atoms with E-state index in [1.807, 2.05) is 36.4 Å². The average Bonchev–Trinajstić information content (AvgIpc) is 2.98. The van der Waals surface area contributed by atoms with Crippen molar-refractivity contribution in [1.82, 2.24) is 4.57 Å². The molecule has 130 valence electrons. The molecule has 0 atom stereocenters. The third-order valence-electron chi connectivity index (χ3n) is 3.65. The Hall–Kier alpha value is -2.81. The zero-order chi connectivity index (χ0) is 18.5. The standard InChI is InChI=1S/C20H15ClN2O2S/c1-3-13-23-19-16(25-2)9-6-10-17(19)26-20(23)22-18(24)12-11-14-7-4-5-8-15(14)21/h1,4-12H,13H2,2H3.